The molecular weight excluding hydrogens is 188 g/mol. The second-order valence-corrected chi connectivity index (χ2v) is 4.07. The first kappa shape index (κ1) is 12.0. The van der Waals surface area contributed by atoms with Gasteiger partial charge in [0.25, 0.3) is 0 Å². The van der Waals surface area contributed by atoms with Gasteiger partial charge in [-0.2, -0.15) is 0 Å². The number of hydrogen-bond acceptors (Lipinski definition) is 3. The van der Waals surface area contributed by atoms with E-state index in [9.17, 15) is 0 Å². The van der Waals surface area contributed by atoms with E-state index >= 15 is 0 Å². The third-order valence-corrected chi connectivity index (χ3v) is 2.69. The van der Waals surface area contributed by atoms with Crippen molar-refractivity contribution >= 4 is 5.69 Å². The lowest BCUT2D eigenvalue weighted by Gasteiger charge is -2.19. The summed E-state index contributed by atoms with van der Waals surface area (Å²) in [5, 5.41) is 0. The van der Waals surface area contributed by atoms with Crippen molar-refractivity contribution in [3.63, 3.8) is 0 Å². The number of aryl methyl sites for hydroxylation is 1. The Morgan fingerprint density at radius 1 is 1.27 bits per heavy atom. The minimum Gasteiger partial charge on any atom is -0.377 e. The monoisotopic (exact) mass is 208 g/mol. The molecule has 0 aliphatic rings. The summed E-state index contributed by atoms with van der Waals surface area (Å²) in [4.78, 5) is 6.74. The van der Waals surface area contributed by atoms with E-state index in [0.717, 1.165) is 6.42 Å². The molecule has 1 aromatic rings. The largest absolute Gasteiger partial charge is 0.377 e. The zero-order valence-corrected chi connectivity index (χ0v) is 10.0. The zero-order valence-electron chi connectivity index (χ0n) is 10.0. The van der Waals surface area contributed by atoms with E-state index in [4.69, 9.17) is 5.90 Å². The Morgan fingerprint density at radius 2 is 1.93 bits per heavy atom. The lowest BCUT2D eigenvalue weighted by molar-refractivity contribution is 0.141. The maximum Gasteiger partial charge on any atom is 0.0719 e. The predicted octanol–water partition coefficient (Wildman–Crippen LogP) is 1.80. The molecule has 0 saturated carbocycles. The van der Waals surface area contributed by atoms with Gasteiger partial charge in [-0.3, -0.25) is 0 Å². The topological polar surface area (TPSA) is 38.5 Å². The summed E-state index contributed by atoms with van der Waals surface area (Å²) in [6.07, 6.45) is 0.860. The van der Waals surface area contributed by atoms with Crippen molar-refractivity contribution in [2.75, 3.05) is 25.6 Å². The molecule has 0 radical (unpaired) electrons. The summed E-state index contributed by atoms with van der Waals surface area (Å²) in [5.74, 6) is 5.03. The van der Waals surface area contributed by atoms with Gasteiger partial charge in [-0.15, -0.1) is 0 Å². The molecule has 0 aromatic heterocycles. The number of rotatable bonds is 4. The lowest BCUT2D eigenvalue weighted by atomic mass is 10.0. The summed E-state index contributed by atoms with van der Waals surface area (Å²) in [6.45, 7) is 4.85. The zero-order chi connectivity index (χ0) is 11.4. The van der Waals surface area contributed by atoms with Gasteiger partial charge in [0.1, 0.15) is 0 Å². The molecule has 0 atom stereocenters. The Labute approximate surface area is 91.8 Å². The molecule has 0 saturated heterocycles. The fourth-order valence-corrected chi connectivity index (χ4v) is 1.70. The maximum atomic E-state index is 5.03. The third kappa shape index (κ3) is 2.94. The molecule has 0 aliphatic carbocycles. The van der Waals surface area contributed by atoms with Crippen LogP contribution in [-0.4, -0.2) is 20.7 Å². The highest BCUT2D eigenvalue weighted by atomic mass is 16.6. The van der Waals surface area contributed by atoms with Crippen LogP contribution in [0.15, 0.2) is 12.1 Å². The summed E-state index contributed by atoms with van der Waals surface area (Å²) in [7, 11) is 4.12. The summed E-state index contributed by atoms with van der Waals surface area (Å²) in [5.41, 5.74) is 5.18. The SMILES string of the molecule is Cc1cc(CCON)cc(N(C)C)c1C. The standard InChI is InChI=1S/C12H20N2O/c1-9-7-11(5-6-15-13)8-12(10(9)2)14(3)4/h7-8H,5-6,13H2,1-4H3. The van der Waals surface area contributed by atoms with Crippen LogP contribution in [0.2, 0.25) is 0 Å². The second kappa shape index (κ2) is 5.14. The minimum atomic E-state index is 0.565. The average Bonchev–Trinajstić information content (AvgIpc) is 2.19. The van der Waals surface area contributed by atoms with E-state index in [2.05, 4.69) is 49.8 Å². The highest BCUT2D eigenvalue weighted by Gasteiger charge is 2.05. The smallest absolute Gasteiger partial charge is 0.0719 e. The molecule has 15 heavy (non-hydrogen) atoms. The van der Waals surface area contributed by atoms with Crippen LogP contribution in [0.4, 0.5) is 5.69 Å². The number of nitrogens with zero attached hydrogens (tertiary/aromatic N) is 1. The van der Waals surface area contributed by atoms with E-state index in [1.165, 1.54) is 22.4 Å². The van der Waals surface area contributed by atoms with Crippen molar-refractivity contribution in [2.24, 2.45) is 5.90 Å². The van der Waals surface area contributed by atoms with Crippen LogP contribution < -0.4 is 10.8 Å². The van der Waals surface area contributed by atoms with Crippen molar-refractivity contribution in [3.05, 3.63) is 28.8 Å². The first-order valence-electron chi connectivity index (χ1n) is 5.15. The molecule has 0 aliphatic heterocycles. The van der Waals surface area contributed by atoms with Crippen molar-refractivity contribution in [3.8, 4) is 0 Å². The second-order valence-electron chi connectivity index (χ2n) is 4.07. The van der Waals surface area contributed by atoms with Crippen LogP contribution in [0.1, 0.15) is 16.7 Å². The van der Waals surface area contributed by atoms with Crippen molar-refractivity contribution < 1.29 is 4.84 Å². The molecule has 3 nitrogen and oxygen atoms in total. The Hall–Kier alpha value is -1.06. The molecule has 84 valence electrons. The molecule has 0 heterocycles. The Kier molecular flexibility index (Phi) is 4.12. The lowest BCUT2D eigenvalue weighted by Crippen LogP contribution is -2.12. The highest BCUT2D eigenvalue weighted by Crippen LogP contribution is 2.23. The molecule has 0 amide bonds. The quantitative estimate of drug-likeness (QED) is 0.767. The van der Waals surface area contributed by atoms with Gasteiger partial charge in [0.2, 0.25) is 0 Å². The van der Waals surface area contributed by atoms with E-state index in [0.29, 0.717) is 6.61 Å². The van der Waals surface area contributed by atoms with Gasteiger partial charge < -0.3 is 9.74 Å². The van der Waals surface area contributed by atoms with Crippen LogP contribution in [0.25, 0.3) is 0 Å². The number of hydrogen-bond donors (Lipinski definition) is 1. The molecule has 0 spiro atoms. The molecular formula is C12H20N2O. The molecule has 3 heteroatoms. The molecule has 1 aromatic carbocycles. The van der Waals surface area contributed by atoms with Gasteiger partial charge in [0.15, 0.2) is 0 Å². The molecule has 0 unspecified atom stereocenters. The van der Waals surface area contributed by atoms with E-state index < -0.39 is 0 Å². The van der Waals surface area contributed by atoms with Crippen LogP contribution in [-0.2, 0) is 11.3 Å². The number of nitrogens with two attached hydrogens (primary N) is 1. The van der Waals surface area contributed by atoms with E-state index in [1.54, 1.807) is 0 Å². The number of benzene rings is 1. The van der Waals surface area contributed by atoms with Gasteiger partial charge in [0.05, 0.1) is 6.61 Å². The first-order valence-corrected chi connectivity index (χ1v) is 5.15. The van der Waals surface area contributed by atoms with Crippen LogP contribution >= 0.6 is 0 Å². The minimum absolute atomic E-state index is 0.565. The Balaban J connectivity index is 3.00. The molecule has 0 fully saturated rings. The first-order chi connectivity index (χ1) is 7.06. The maximum absolute atomic E-state index is 5.03. The number of anilines is 1. The van der Waals surface area contributed by atoms with Gasteiger partial charge in [-0.25, -0.2) is 5.90 Å². The summed E-state index contributed by atoms with van der Waals surface area (Å²) < 4.78 is 0. The van der Waals surface area contributed by atoms with Gasteiger partial charge in [-0.1, -0.05) is 6.07 Å². The normalized spacial score (nSPS) is 10.5. The Bertz CT molecular complexity index is 335. The third-order valence-electron chi connectivity index (χ3n) is 2.69. The van der Waals surface area contributed by atoms with E-state index in [-0.39, 0.29) is 0 Å². The molecule has 1 rings (SSSR count). The fraction of sp³-hybridized carbons (Fsp3) is 0.500. The van der Waals surface area contributed by atoms with Crippen LogP contribution in [0.5, 0.6) is 0 Å². The summed E-state index contributed by atoms with van der Waals surface area (Å²) >= 11 is 0. The Morgan fingerprint density at radius 3 is 2.47 bits per heavy atom. The van der Waals surface area contributed by atoms with Gasteiger partial charge in [0, 0.05) is 19.8 Å². The van der Waals surface area contributed by atoms with Crippen molar-refractivity contribution in [1.29, 1.82) is 0 Å². The van der Waals surface area contributed by atoms with E-state index in [1.807, 2.05) is 0 Å². The highest BCUT2D eigenvalue weighted by molar-refractivity contribution is 5.57. The van der Waals surface area contributed by atoms with Crippen molar-refractivity contribution in [2.45, 2.75) is 20.3 Å². The van der Waals surface area contributed by atoms with Crippen LogP contribution in [0.3, 0.4) is 0 Å². The van der Waals surface area contributed by atoms with Gasteiger partial charge >= 0.3 is 0 Å². The molecule has 0 bridgehead atoms. The average molecular weight is 208 g/mol. The predicted molar refractivity (Wildman–Crippen MR) is 64.1 cm³/mol. The van der Waals surface area contributed by atoms with Crippen LogP contribution in [0, 0.1) is 13.8 Å². The fourth-order valence-electron chi connectivity index (χ4n) is 1.70. The molecule has 2 N–H and O–H groups in total. The van der Waals surface area contributed by atoms with Gasteiger partial charge in [-0.05, 0) is 43.0 Å². The van der Waals surface area contributed by atoms with Crippen molar-refractivity contribution in [1.82, 2.24) is 0 Å². The summed E-state index contributed by atoms with van der Waals surface area (Å²) in [6, 6.07) is 4.39.